The lowest BCUT2D eigenvalue weighted by molar-refractivity contribution is -0.141. The van der Waals surface area contributed by atoms with Crippen molar-refractivity contribution in [1.82, 2.24) is 5.32 Å². The second-order valence-electron chi connectivity index (χ2n) is 5.28. The minimum absolute atomic E-state index is 0.0942. The number of aliphatic hydroxyl groups is 1. The Hall–Kier alpha value is -2.34. The molecule has 6 heteroatoms. The minimum atomic E-state index is -1.07. The van der Waals surface area contributed by atoms with Gasteiger partial charge in [0.15, 0.2) is 0 Å². The molecule has 1 aromatic carbocycles. The van der Waals surface area contributed by atoms with Crippen LogP contribution in [-0.4, -0.2) is 35.9 Å². The molecular weight excluding hydrogens is 298 g/mol. The summed E-state index contributed by atoms with van der Waals surface area (Å²) in [5, 5.41) is 12.3. The molecule has 0 fully saturated rings. The van der Waals surface area contributed by atoms with Crippen molar-refractivity contribution in [2.45, 2.75) is 38.5 Å². The number of alkyl carbamates (subject to hydrolysis) is 1. The van der Waals surface area contributed by atoms with Crippen LogP contribution in [0.4, 0.5) is 4.79 Å². The molecule has 0 aliphatic heterocycles. The molecule has 0 spiro atoms. The fraction of sp³-hybridized carbons (Fsp3) is 0.412. The molecule has 0 radical (unpaired) electrons. The summed E-state index contributed by atoms with van der Waals surface area (Å²) < 4.78 is 9.69. The van der Waals surface area contributed by atoms with E-state index in [1.54, 1.807) is 13.8 Å². The Labute approximate surface area is 136 Å². The highest BCUT2D eigenvalue weighted by Gasteiger charge is 2.21. The van der Waals surface area contributed by atoms with Gasteiger partial charge in [-0.05, 0) is 18.9 Å². The molecule has 1 amide bonds. The Balaban J connectivity index is 2.62. The Morgan fingerprint density at radius 3 is 2.57 bits per heavy atom. The molecule has 1 aromatic rings. The van der Waals surface area contributed by atoms with Crippen LogP contribution < -0.4 is 5.32 Å². The Morgan fingerprint density at radius 2 is 2.00 bits per heavy atom. The minimum Gasteiger partial charge on any atom is -0.467 e. The summed E-state index contributed by atoms with van der Waals surface area (Å²) in [5.74, 6) is -0.648. The first-order chi connectivity index (χ1) is 10.9. The lowest BCUT2D eigenvalue weighted by atomic mass is 10.0. The largest absolute Gasteiger partial charge is 0.467 e. The van der Waals surface area contributed by atoms with Crippen molar-refractivity contribution in [2.24, 2.45) is 0 Å². The van der Waals surface area contributed by atoms with Crippen LogP contribution in [-0.2, 0) is 20.9 Å². The number of rotatable bonds is 7. The highest BCUT2D eigenvalue weighted by Crippen LogP contribution is 2.11. The zero-order chi connectivity index (χ0) is 17.3. The number of amides is 1. The summed E-state index contributed by atoms with van der Waals surface area (Å²) in [7, 11) is 1.22. The Kier molecular flexibility index (Phi) is 7.28. The highest BCUT2D eigenvalue weighted by atomic mass is 16.6. The molecule has 0 aliphatic carbocycles. The number of esters is 1. The molecule has 0 bridgehead atoms. The maximum absolute atomic E-state index is 11.8. The third-order valence-corrected chi connectivity index (χ3v) is 3.30. The predicted molar refractivity (Wildman–Crippen MR) is 85.6 cm³/mol. The van der Waals surface area contributed by atoms with Crippen molar-refractivity contribution in [2.75, 3.05) is 7.11 Å². The highest BCUT2D eigenvalue weighted by molar-refractivity contribution is 5.83. The molecule has 0 aromatic heterocycles. The van der Waals surface area contributed by atoms with Crippen LogP contribution in [0.15, 0.2) is 42.5 Å². The molecule has 6 nitrogen and oxygen atoms in total. The van der Waals surface area contributed by atoms with Gasteiger partial charge < -0.3 is 19.9 Å². The van der Waals surface area contributed by atoms with Crippen molar-refractivity contribution >= 4 is 12.1 Å². The molecule has 1 rings (SSSR count). The summed E-state index contributed by atoms with van der Waals surface area (Å²) in [6, 6.07) is 8.15. The SMILES string of the molecule is CCC(C)(O)/C=C/[C@H](NC(=O)OCc1ccccc1)C(=O)OC. The first-order valence-corrected chi connectivity index (χ1v) is 7.34. The van der Waals surface area contributed by atoms with Crippen molar-refractivity contribution in [3.8, 4) is 0 Å². The molecule has 0 saturated heterocycles. The topological polar surface area (TPSA) is 84.9 Å². The van der Waals surface area contributed by atoms with Gasteiger partial charge in [0.2, 0.25) is 0 Å². The zero-order valence-electron chi connectivity index (χ0n) is 13.6. The van der Waals surface area contributed by atoms with E-state index in [-0.39, 0.29) is 6.61 Å². The Bertz CT molecular complexity index is 539. The third kappa shape index (κ3) is 6.97. The van der Waals surface area contributed by atoms with Gasteiger partial charge in [0.05, 0.1) is 12.7 Å². The fourth-order valence-corrected chi connectivity index (χ4v) is 1.63. The molecule has 0 heterocycles. The van der Waals surface area contributed by atoms with Crippen molar-refractivity contribution in [1.29, 1.82) is 0 Å². The maximum atomic E-state index is 11.8. The van der Waals surface area contributed by atoms with Gasteiger partial charge in [-0.3, -0.25) is 0 Å². The van der Waals surface area contributed by atoms with Crippen LogP contribution in [0, 0.1) is 0 Å². The van der Waals surface area contributed by atoms with E-state index in [9.17, 15) is 14.7 Å². The number of carbonyl (C=O) groups excluding carboxylic acids is 2. The molecule has 0 saturated carbocycles. The number of carbonyl (C=O) groups is 2. The van der Waals surface area contributed by atoms with E-state index in [0.717, 1.165) is 5.56 Å². The average Bonchev–Trinajstić information content (AvgIpc) is 2.57. The van der Waals surface area contributed by atoms with E-state index in [4.69, 9.17) is 4.74 Å². The van der Waals surface area contributed by atoms with Crippen molar-refractivity contribution in [3.63, 3.8) is 0 Å². The number of hydrogen-bond acceptors (Lipinski definition) is 5. The normalized spacial score (nSPS) is 14.8. The second kappa shape index (κ2) is 8.95. The second-order valence-corrected chi connectivity index (χ2v) is 5.28. The van der Waals surface area contributed by atoms with Gasteiger partial charge in [0.1, 0.15) is 12.6 Å². The van der Waals surface area contributed by atoms with Gasteiger partial charge in [0.25, 0.3) is 0 Å². The summed E-state index contributed by atoms with van der Waals surface area (Å²) in [4.78, 5) is 23.5. The molecule has 0 aliphatic rings. The maximum Gasteiger partial charge on any atom is 0.408 e. The molecule has 2 atom stereocenters. The molecule has 2 N–H and O–H groups in total. The van der Waals surface area contributed by atoms with Gasteiger partial charge in [-0.1, -0.05) is 49.4 Å². The van der Waals surface area contributed by atoms with E-state index >= 15 is 0 Å². The number of ether oxygens (including phenoxy) is 2. The van der Waals surface area contributed by atoms with Gasteiger partial charge in [0, 0.05) is 0 Å². The van der Waals surface area contributed by atoms with E-state index in [1.807, 2.05) is 30.3 Å². The Morgan fingerprint density at radius 1 is 1.35 bits per heavy atom. The van der Waals surface area contributed by atoms with Crippen molar-refractivity contribution < 1.29 is 24.2 Å². The molecule has 23 heavy (non-hydrogen) atoms. The zero-order valence-corrected chi connectivity index (χ0v) is 13.6. The fourth-order valence-electron chi connectivity index (χ4n) is 1.63. The van der Waals surface area contributed by atoms with Gasteiger partial charge >= 0.3 is 12.1 Å². The number of hydrogen-bond donors (Lipinski definition) is 2. The van der Waals surface area contributed by atoms with E-state index in [1.165, 1.54) is 19.3 Å². The number of benzene rings is 1. The molecule has 126 valence electrons. The van der Waals surface area contributed by atoms with Gasteiger partial charge in [-0.15, -0.1) is 0 Å². The van der Waals surface area contributed by atoms with Crippen LogP contribution >= 0.6 is 0 Å². The standard InChI is InChI=1S/C17H23NO5/c1-4-17(2,21)11-10-14(15(19)22-3)18-16(20)23-12-13-8-6-5-7-9-13/h5-11,14,21H,4,12H2,1-3H3,(H,18,20)/b11-10+/t14-,17?/m0/s1. The van der Waals surface area contributed by atoms with E-state index in [0.29, 0.717) is 6.42 Å². The van der Waals surface area contributed by atoms with Crippen LogP contribution in [0.25, 0.3) is 0 Å². The summed E-state index contributed by atoms with van der Waals surface area (Å²) in [6.45, 7) is 3.50. The summed E-state index contributed by atoms with van der Waals surface area (Å²) >= 11 is 0. The summed E-state index contributed by atoms with van der Waals surface area (Å²) in [5.41, 5.74) is -0.233. The first kappa shape index (κ1) is 18.7. The van der Waals surface area contributed by atoms with Crippen LogP contribution in [0.3, 0.4) is 0 Å². The molecular formula is C17H23NO5. The van der Waals surface area contributed by atoms with Gasteiger partial charge in [-0.2, -0.15) is 0 Å². The third-order valence-electron chi connectivity index (χ3n) is 3.30. The van der Waals surface area contributed by atoms with Crippen LogP contribution in [0.5, 0.6) is 0 Å². The lowest BCUT2D eigenvalue weighted by Gasteiger charge is -2.18. The number of methoxy groups -OCH3 is 1. The monoisotopic (exact) mass is 321 g/mol. The van der Waals surface area contributed by atoms with Crippen LogP contribution in [0.1, 0.15) is 25.8 Å². The molecule has 1 unspecified atom stereocenters. The lowest BCUT2D eigenvalue weighted by Crippen LogP contribution is -2.40. The summed E-state index contributed by atoms with van der Waals surface area (Å²) in [6.07, 6.45) is 2.56. The quantitative estimate of drug-likeness (QED) is 0.594. The first-order valence-electron chi connectivity index (χ1n) is 7.34. The van der Waals surface area contributed by atoms with Crippen molar-refractivity contribution in [3.05, 3.63) is 48.0 Å². The predicted octanol–water partition coefficient (Wildman–Crippen LogP) is 2.17. The van der Waals surface area contributed by atoms with E-state index < -0.39 is 23.7 Å². The average molecular weight is 321 g/mol. The van der Waals surface area contributed by atoms with E-state index in [2.05, 4.69) is 10.1 Å². The van der Waals surface area contributed by atoms with Crippen LogP contribution in [0.2, 0.25) is 0 Å². The van der Waals surface area contributed by atoms with Gasteiger partial charge in [-0.25, -0.2) is 9.59 Å². The smallest absolute Gasteiger partial charge is 0.408 e. The number of nitrogens with one attached hydrogen (secondary N) is 1.